The monoisotopic (exact) mass is 282 g/mol. The summed E-state index contributed by atoms with van der Waals surface area (Å²) in [5.41, 5.74) is 4.45. The number of benzene rings is 1. The van der Waals surface area contributed by atoms with Crippen LogP contribution in [0.2, 0.25) is 0 Å². The van der Waals surface area contributed by atoms with Crippen LogP contribution < -0.4 is 0 Å². The van der Waals surface area contributed by atoms with Crippen LogP contribution in [0.25, 0.3) is 10.9 Å². The Hall–Kier alpha value is -1.28. The van der Waals surface area contributed by atoms with Gasteiger partial charge in [-0.2, -0.15) is 0 Å². The first kappa shape index (κ1) is 13.4. The number of H-pyrrole nitrogens is 1. The molecular weight excluding hydrogens is 256 g/mol. The Morgan fingerprint density at radius 2 is 2.14 bits per heavy atom. The molecule has 4 rings (SSSR count). The first-order valence-corrected chi connectivity index (χ1v) is 8.61. The molecule has 3 atom stereocenters. The number of aromatic amines is 1. The van der Waals surface area contributed by atoms with Crippen LogP contribution in [0.3, 0.4) is 0 Å². The van der Waals surface area contributed by atoms with E-state index in [-0.39, 0.29) is 0 Å². The highest BCUT2D eigenvalue weighted by atomic mass is 15.2. The topological polar surface area (TPSA) is 19.0 Å². The van der Waals surface area contributed by atoms with E-state index in [1.165, 1.54) is 55.4 Å². The number of nitrogens with one attached hydrogen (secondary N) is 1. The first-order chi connectivity index (χ1) is 10.3. The van der Waals surface area contributed by atoms with Crippen molar-refractivity contribution in [3.8, 4) is 0 Å². The molecule has 0 bridgehead atoms. The highest BCUT2D eigenvalue weighted by molar-refractivity contribution is 5.85. The predicted molar refractivity (Wildman–Crippen MR) is 88.5 cm³/mol. The van der Waals surface area contributed by atoms with Gasteiger partial charge in [-0.05, 0) is 36.3 Å². The summed E-state index contributed by atoms with van der Waals surface area (Å²) in [5, 5.41) is 1.46. The third-order valence-electron chi connectivity index (χ3n) is 5.78. The van der Waals surface area contributed by atoms with Gasteiger partial charge in [0.2, 0.25) is 0 Å². The molecule has 112 valence electrons. The first-order valence-electron chi connectivity index (χ1n) is 8.61. The molecule has 3 heterocycles. The Balaban J connectivity index is 1.73. The number of piperidine rings is 1. The third-order valence-corrected chi connectivity index (χ3v) is 5.78. The SMILES string of the molecule is CCCC1CC2c3[nH]c4ccccc4c3CCN2CC1C. The van der Waals surface area contributed by atoms with E-state index in [0.29, 0.717) is 6.04 Å². The Morgan fingerprint density at radius 3 is 3.00 bits per heavy atom. The molecule has 1 fully saturated rings. The van der Waals surface area contributed by atoms with Gasteiger partial charge in [-0.15, -0.1) is 0 Å². The normalized spacial score (nSPS) is 29.3. The molecule has 0 spiro atoms. The van der Waals surface area contributed by atoms with Gasteiger partial charge in [-0.25, -0.2) is 0 Å². The van der Waals surface area contributed by atoms with E-state index < -0.39 is 0 Å². The molecule has 21 heavy (non-hydrogen) atoms. The van der Waals surface area contributed by atoms with E-state index in [4.69, 9.17) is 0 Å². The quantitative estimate of drug-likeness (QED) is 0.858. The fourth-order valence-corrected chi connectivity index (χ4v) is 4.67. The number of hydrogen-bond acceptors (Lipinski definition) is 1. The fourth-order valence-electron chi connectivity index (χ4n) is 4.67. The molecule has 1 saturated heterocycles. The van der Waals surface area contributed by atoms with Crippen LogP contribution in [0, 0.1) is 11.8 Å². The lowest BCUT2D eigenvalue weighted by Gasteiger charge is -2.45. The molecule has 2 aliphatic heterocycles. The van der Waals surface area contributed by atoms with E-state index in [1.54, 1.807) is 5.56 Å². The van der Waals surface area contributed by atoms with Crippen molar-refractivity contribution in [2.75, 3.05) is 13.1 Å². The van der Waals surface area contributed by atoms with Crippen molar-refractivity contribution >= 4 is 10.9 Å². The van der Waals surface area contributed by atoms with Crippen molar-refractivity contribution in [3.05, 3.63) is 35.5 Å². The fraction of sp³-hybridized carbons (Fsp3) is 0.579. The summed E-state index contributed by atoms with van der Waals surface area (Å²) >= 11 is 0. The van der Waals surface area contributed by atoms with Crippen molar-refractivity contribution in [2.24, 2.45) is 11.8 Å². The van der Waals surface area contributed by atoms with Gasteiger partial charge < -0.3 is 4.98 Å². The Bertz CT molecular complexity index is 642. The number of nitrogens with zero attached hydrogens (tertiary/aromatic N) is 1. The maximum absolute atomic E-state index is 3.75. The average molecular weight is 282 g/mol. The van der Waals surface area contributed by atoms with Crippen LogP contribution in [-0.4, -0.2) is 23.0 Å². The lowest BCUT2D eigenvalue weighted by Crippen LogP contribution is -2.45. The molecule has 1 aromatic carbocycles. The molecule has 3 unspecified atom stereocenters. The molecule has 0 amide bonds. The molecule has 0 saturated carbocycles. The van der Waals surface area contributed by atoms with Crippen LogP contribution in [0.5, 0.6) is 0 Å². The number of rotatable bonds is 2. The van der Waals surface area contributed by atoms with Gasteiger partial charge in [0.05, 0.1) is 6.04 Å². The van der Waals surface area contributed by atoms with Gasteiger partial charge in [0.25, 0.3) is 0 Å². The Morgan fingerprint density at radius 1 is 1.29 bits per heavy atom. The van der Waals surface area contributed by atoms with E-state index in [1.807, 2.05) is 0 Å². The van der Waals surface area contributed by atoms with Gasteiger partial charge in [0.1, 0.15) is 0 Å². The molecule has 2 heteroatoms. The highest BCUT2D eigenvalue weighted by Crippen LogP contribution is 2.43. The van der Waals surface area contributed by atoms with Gasteiger partial charge in [0, 0.05) is 29.7 Å². The van der Waals surface area contributed by atoms with Crippen molar-refractivity contribution in [3.63, 3.8) is 0 Å². The van der Waals surface area contributed by atoms with Crippen LogP contribution in [0.1, 0.15) is 50.4 Å². The second-order valence-electron chi connectivity index (χ2n) is 7.09. The summed E-state index contributed by atoms with van der Waals surface area (Å²) in [6.07, 6.45) is 5.26. The summed E-state index contributed by atoms with van der Waals surface area (Å²) in [4.78, 5) is 6.48. The predicted octanol–water partition coefficient (Wildman–Crippen LogP) is 4.52. The minimum atomic E-state index is 0.633. The van der Waals surface area contributed by atoms with Crippen LogP contribution in [0.4, 0.5) is 0 Å². The van der Waals surface area contributed by atoms with Gasteiger partial charge >= 0.3 is 0 Å². The molecule has 2 nitrogen and oxygen atoms in total. The minimum Gasteiger partial charge on any atom is -0.357 e. The van der Waals surface area contributed by atoms with Gasteiger partial charge in [-0.1, -0.05) is 44.9 Å². The van der Waals surface area contributed by atoms with Crippen molar-refractivity contribution in [1.82, 2.24) is 9.88 Å². The Kier molecular flexibility index (Phi) is 3.30. The maximum atomic E-state index is 3.75. The summed E-state index contributed by atoms with van der Waals surface area (Å²) in [6.45, 7) is 7.30. The van der Waals surface area contributed by atoms with Gasteiger partial charge in [-0.3, -0.25) is 4.90 Å². The standard InChI is InChI=1S/C19H26N2/c1-3-6-14-11-18-19-16(9-10-21(18)12-13(14)2)15-7-4-5-8-17(15)20-19/h4-5,7-8,13-14,18,20H,3,6,9-12H2,1-2H3. The van der Waals surface area contributed by atoms with Crippen molar-refractivity contribution < 1.29 is 0 Å². The molecule has 2 aromatic rings. The molecule has 1 N–H and O–H groups in total. The third kappa shape index (κ3) is 2.12. The summed E-state index contributed by atoms with van der Waals surface area (Å²) < 4.78 is 0. The molecule has 0 aliphatic carbocycles. The number of fused-ring (bicyclic) bond motifs is 5. The zero-order chi connectivity index (χ0) is 14.4. The Labute approximate surface area is 127 Å². The molecular formula is C19H26N2. The maximum Gasteiger partial charge on any atom is 0.0504 e. The van der Waals surface area contributed by atoms with E-state index in [2.05, 4.69) is 48.0 Å². The van der Waals surface area contributed by atoms with Gasteiger partial charge in [0.15, 0.2) is 0 Å². The van der Waals surface area contributed by atoms with E-state index in [0.717, 1.165) is 11.8 Å². The second-order valence-corrected chi connectivity index (χ2v) is 7.09. The second kappa shape index (κ2) is 5.17. The summed E-state index contributed by atoms with van der Waals surface area (Å²) in [5.74, 6) is 1.75. The van der Waals surface area contributed by atoms with Crippen LogP contribution in [-0.2, 0) is 6.42 Å². The zero-order valence-electron chi connectivity index (χ0n) is 13.2. The smallest absolute Gasteiger partial charge is 0.0504 e. The lowest BCUT2D eigenvalue weighted by molar-refractivity contribution is 0.0560. The molecule has 1 aromatic heterocycles. The molecule has 0 radical (unpaired) electrons. The van der Waals surface area contributed by atoms with E-state index >= 15 is 0 Å². The largest absolute Gasteiger partial charge is 0.357 e. The van der Waals surface area contributed by atoms with E-state index in [9.17, 15) is 0 Å². The summed E-state index contributed by atoms with van der Waals surface area (Å²) in [7, 11) is 0. The average Bonchev–Trinajstić information content (AvgIpc) is 2.87. The number of aromatic nitrogens is 1. The van der Waals surface area contributed by atoms with Crippen LogP contribution >= 0.6 is 0 Å². The number of hydrogen-bond donors (Lipinski definition) is 1. The van der Waals surface area contributed by atoms with Crippen molar-refractivity contribution in [1.29, 1.82) is 0 Å². The summed E-state index contributed by atoms with van der Waals surface area (Å²) in [6, 6.07) is 9.47. The van der Waals surface area contributed by atoms with Crippen LogP contribution in [0.15, 0.2) is 24.3 Å². The lowest BCUT2D eigenvalue weighted by atomic mass is 9.77. The highest BCUT2D eigenvalue weighted by Gasteiger charge is 2.37. The zero-order valence-corrected chi connectivity index (χ0v) is 13.2. The van der Waals surface area contributed by atoms with Crippen molar-refractivity contribution in [2.45, 2.75) is 45.6 Å². The minimum absolute atomic E-state index is 0.633. The molecule has 2 aliphatic rings. The number of para-hydroxylation sites is 1.